The first kappa shape index (κ1) is 33.6. The smallest absolute Gasteiger partial charge is 0.306 e. The van der Waals surface area contributed by atoms with Crippen LogP contribution in [0.15, 0.2) is 53.6 Å². The van der Waals surface area contributed by atoms with Gasteiger partial charge in [-0.05, 0) is 89.6 Å². The summed E-state index contributed by atoms with van der Waals surface area (Å²) in [5.41, 5.74) is 0.881. The Morgan fingerprint density at radius 2 is 1.78 bits per heavy atom. The highest BCUT2D eigenvalue weighted by Crippen LogP contribution is 2.33. The van der Waals surface area contributed by atoms with Crippen LogP contribution in [0, 0.1) is 12.8 Å². The van der Waals surface area contributed by atoms with Crippen LogP contribution >= 0.6 is 11.6 Å². The number of pyridine rings is 2. The van der Waals surface area contributed by atoms with Crippen molar-refractivity contribution in [2.75, 3.05) is 5.32 Å². The lowest BCUT2D eigenvalue weighted by Gasteiger charge is -2.29. The minimum Gasteiger partial charge on any atom is -0.460 e. The first-order chi connectivity index (χ1) is 21.7. The number of carbonyl (C=O) groups excluding carboxylic acids is 1. The largest absolute Gasteiger partial charge is 0.460 e. The maximum atomic E-state index is 14.3. The molecule has 1 aliphatic carbocycles. The van der Waals surface area contributed by atoms with Crippen LogP contribution in [0.4, 0.5) is 14.7 Å². The molecule has 1 fully saturated rings. The van der Waals surface area contributed by atoms with Gasteiger partial charge in [0.05, 0.1) is 33.3 Å². The van der Waals surface area contributed by atoms with Gasteiger partial charge in [-0.3, -0.25) is 9.78 Å². The number of aryl methyl sites for hydroxylation is 1. The van der Waals surface area contributed by atoms with Crippen molar-refractivity contribution in [1.29, 1.82) is 0 Å². The van der Waals surface area contributed by atoms with Gasteiger partial charge in [0.1, 0.15) is 16.6 Å². The van der Waals surface area contributed by atoms with E-state index >= 15 is 0 Å². The van der Waals surface area contributed by atoms with Crippen molar-refractivity contribution < 1.29 is 26.7 Å². The molecule has 3 heterocycles. The van der Waals surface area contributed by atoms with Gasteiger partial charge in [-0.25, -0.2) is 32.2 Å². The molecule has 9 nitrogen and oxygen atoms in total. The van der Waals surface area contributed by atoms with Crippen LogP contribution in [0.3, 0.4) is 0 Å². The number of hydrogen-bond donors (Lipinski definition) is 1. The third kappa shape index (κ3) is 8.14. The van der Waals surface area contributed by atoms with E-state index in [0.29, 0.717) is 17.7 Å². The number of nitrogens with one attached hydrogen (secondary N) is 1. The standard InChI is InChI=1S/C33H36ClF2N5O4S/c1-19-23(14-13-22(38-19)18-46(43,44)28-8-6-5-7-25(28)34)26-16-24(31(35)36)30-27(40-26)17-37-32(41-30)39-21-11-9-20(10-12-21)15-29(42)45-33(2,3)4/h5-8,13-14,16-17,20-21,31H,9-12,15,18H2,1-4H3,(H,37,39,41). The third-order valence-electron chi connectivity index (χ3n) is 7.80. The number of halogens is 3. The van der Waals surface area contributed by atoms with Crippen molar-refractivity contribution in [3.05, 3.63) is 70.6 Å². The molecule has 3 aromatic heterocycles. The molecule has 0 bridgehead atoms. The number of hydrogen-bond acceptors (Lipinski definition) is 9. The summed E-state index contributed by atoms with van der Waals surface area (Å²) in [6.07, 6.45) is 2.20. The summed E-state index contributed by atoms with van der Waals surface area (Å²) in [5.74, 6) is -0.101. The molecule has 0 radical (unpaired) electrons. The predicted molar refractivity (Wildman–Crippen MR) is 172 cm³/mol. The summed E-state index contributed by atoms with van der Waals surface area (Å²) >= 11 is 6.10. The van der Waals surface area contributed by atoms with Gasteiger partial charge in [-0.15, -0.1) is 0 Å². The van der Waals surface area contributed by atoms with Crippen LogP contribution in [0.25, 0.3) is 22.3 Å². The second kappa shape index (κ2) is 13.5. The van der Waals surface area contributed by atoms with E-state index in [1.54, 1.807) is 25.1 Å². The second-order valence-corrected chi connectivity index (χ2v) is 15.0. The number of esters is 1. The molecule has 5 rings (SSSR count). The van der Waals surface area contributed by atoms with Gasteiger partial charge in [0, 0.05) is 29.3 Å². The zero-order valence-electron chi connectivity index (χ0n) is 26.1. The second-order valence-electron chi connectivity index (χ2n) is 12.6. The summed E-state index contributed by atoms with van der Waals surface area (Å²) in [6, 6.07) is 10.7. The number of sulfone groups is 1. The van der Waals surface area contributed by atoms with E-state index in [0.717, 1.165) is 25.7 Å². The number of anilines is 1. The fourth-order valence-corrected chi connectivity index (χ4v) is 7.51. The lowest BCUT2D eigenvalue weighted by Crippen LogP contribution is -2.30. The average Bonchev–Trinajstić information content (AvgIpc) is 2.96. The highest BCUT2D eigenvalue weighted by molar-refractivity contribution is 7.90. The molecule has 46 heavy (non-hydrogen) atoms. The lowest BCUT2D eigenvalue weighted by molar-refractivity contribution is -0.156. The molecule has 0 unspecified atom stereocenters. The zero-order chi connectivity index (χ0) is 33.2. The molecular weight excluding hydrogens is 636 g/mol. The van der Waals surface area contributed by atoms with Crippen molar-refractivity contribution in [1.82, 2.24) is 19.9 Å². The number of fused-ring (bicyclic) bond motifs is 1. The molecule has 244 valence electrons. The SMILES string of the molecule is Cc1nc(CS(=O)(=O)c2ccccc2Cl)ccc1-c1cc(C(F)F)c2nc(NC3CCC(CC(=O)OC(C)(C)C)CC3)ncc2n1. The number of carbonyl (C=O) groups is 1. The lowest BCUT2D eigenvalue weighted by atomic mass is 9.84. The Labute approximate surface area is 272 Å². The van der Waals surface area contributed by atoms with E-state index < -0.39 is 21.9 Å². The summed E-state index contributed by atoms with van der Waals surface area (Å²) in [7, 11) is -3.76. The number of benzene rings is 1. The van der Waals surface area contributed by atoms with Crippen LogP contribution in [0.5, 0.6) is 0 Å². The minimum atomic E-state index is -3.76. The highest BCUT2D eigenvalue weighted by atomic mass is 35.5. The Kier molecular flexibility index (Phi) is 9.88. The Hall–Kier alpha value is -3.77. The zero-order valence-corrected chi connectivity index (χ0v) is 27.6. The van der Waals surface area contributed by atoms with Gasteiger partial charge in [-0.2, -0.15) is 0 Å². The van der Waals surface area contributed by atoms with Crippen molar-refractivity contribution in [3.8, 4) is 11.3 Å². The van der Waals surface area contributed by atoms with E-state index in [-0.39, 0.29) is 67.5 Å². The number of ether oxygens (including phenoxy) is 1. The first-order valence-electron chi connectivity index (χ1n) is 15.1. The predicted octanol–water partition coefficient (Wildman–Crippen LogP) is 7.66. The van der Waals surface area contributed by atoms with E-state index in [1.807, 2.05) is 20.8 Å². The van der Waals surface area contributed by atoms with Gasteiger partial charge in [0.25, 0.3) is 6.43 Å². The topological polar surface area (TPSA) is 124 Å². The molecule has 4 aromatic rings. The molecule has 1 N–H and O–H groups in total. The normalized spacial score (nSPS) is 17.3. The minimum absolute atomic E-state index is 0.0118. The van der Waals surface area contributed by atoms with Gasteiger partial charge in [-0.1, -0.05) is 23.7 Å². The molecule has 0 amide bonds. The quantitative estimate of drug-likeness (QED) is 0.179. The van der Waals surface area contributed by atoms with E-state index in [2.05, 4.69) is 25.3 Å². The molecule has 13 heteroatoms. The van der Waals surface area contributed by atoms with Crippen LogP contribution in [-0.2, 0) is 25.1 Å². The molecule has 0 saturated heterocycles. The van der Waals surface area contributed by atoms with Gasteiger partial charge < -0.3 is 10.1 Å². The molecule has 0 aliphatic heterocycles. The van der Waals surface area contributed by atoms with E-state index in [4.69, 9.17) is 16.3 Å². The number of nitrogens with zero attached hydrogens (tertiary/aromatic N) is 4. The van der Waals surface area contributed by atoms with Gasteiger partial charge in [0.2, 0.25) is 5.95 Å². The summed E-state index contributed by atoms with van der Waals surface area (Å²) in [6.45, 7) is 7.21. The summed E-state index contributed by atoms with van der Waals surface area (Å²) in [5, 5.41) is 3.39. The number of alkyl halides is 2. The Morgan fingerprint density at radius 1 is 1.07 bits per heavy atom. The molecule has 1 aliphatic rings. The fraction of sp³-hybridized carbons (Fsp3) is 0.424. The van der Waals surface area contributed by atoms with Crippen molar-refractivity contribution in [3.63, 3.8) is 0 Å². The van der Waals surface area contributed by atoms with Crippen LogP contribution in [-0.4, -0.2) is 46.0 Å². The monoisotopic (exact) mass is 671 g/mol. The third-order valence-corrected chi connectivity index (χ3v) is 9.94. The first-order valence-corrected chi connectivity index (χ1v) is 17.1. The Bertz CT molecular complexity index is 1860. The molecular formula is C33H36ClF2N5O4S. The summed E-state index contributed by atoms with van der Waals surface area (Å²) < 4.78 is 60.0. The maximum absolute atomic E-state index is 14.3. The fourth-order valence-electron chi connectivity index (χ4n) is 5.67. The molecule has 1 aromatic carbocycles. The average molecular weight is 672 g/mol. The summed E-state index contributed by atoms with van der Waals surface area (Å²) in [4.78, 5) is 30.0. The number of rotatable bonds is 9. The van der Waals surface area contributed by atoms with Crippen molar-refractivity contribution in [2.45, 2.75) is 88.5 Å². The Morgan fingerprint density at radius 3 is 2.43 bits per heavy atom. The van der Waals surface area contributed by atoms with E-state index in [1.165, 1.54) is 30.5 Å². The number of aromatic nitrogens is 4. The molecule has 1 saturated carbocycles. The maximum Gasteiger partial charge on any atom is 0.306 e. The molecule has 0 atom stereocenters. The Balaban J connectivity index is 1.31. The highest BCUT2D eigenvalue weighted by Gasteiger charge is 2.27. The van der Waals surface area contributed by atoms with Crippen LogP contribution < -0.4 is 5.32 Å². The van der Waals surface area contributed by atoms with Gasteiger partial charge >= 0.3 is 5.97 Å². The van der Waals surface area contributed by atoms with Crippen molar-refractivity contribution in [2.24, 2.45) is 5.92 Å². The van der Waals surface area contributed by atoms with Crippen molar-refractivity contribution >= 4 is 44.4 Å². The van der Waals surface area contributed by atoms with Gasteiger partial charge in [0.15, 0.2) is 9.84 Å². The van der Waals surface area contributed by atoms with E-state index in [9.17, 15) is 22.0 Å². The molecule has 0 spiro atoms. The van der Waals surface area contributed by atoms with Crippen LogP contribution in [0.2, 0.25) is 5.02 Å². The van der Waals surface area contributed by atoms with Crippen LogP contribution in [0.1, 0.15) is 76.3 Å².